The van der Waals surface area contributed by atoms with E-state index in [0.717, 1.165) is 0 Å². The maximum Gasteiger partial charge on any atom is 0.673 e. The maximum absolute atomic E-state index is 9.75. The predicted octanol–water partition coefficient (Wildman–Crippen LogP) is 2.29. The van der Waals surface area contributed by atoms with Gasteiger partial charge in [-0.05, 0) is 18.2 Å². The van der Waals surface area contributed by atoms with E-state index in [2.05, 4.69) is 21.7 Å². The van der Waals surface area contributed by atoms with Crippen LogP contribution in [0.1, 0.15) is 0 Å². The number of aryl methyl sites for hydroxylation is 1. The van der Waals surface area contributed by atoms with Crippen LogP contribution in [0, 0.1) is 0 Å². The number of nitrogens with one attached hydrogen (secondary N) is 1. The molecule has 2 rings (SSSR count). The van der Waals surface area contributed by atoms with Crippen molar-refractivity contribution in [2.75, 3.05) is 0 Å². The van der Waals surface area contributed by atoms with Crippen LogP contribution in [0.15, 0.2) is 30.6 Å². The molecule has 0 bridgehead atoms. The molecular formula is C8H9BF4N2. The second-order valence-corrected chi connectivity index (χ2v) is 2.90. The molecule has 0 aliphatic heterocycles. The van der Waals surface area contributed by atoms with Gasteiger partial charge in [-0.25, -0.2) is 9.55 Å². The van der Waals surface area contributed by atoms with Crippen molar-refractivity contribution in [3.8, 4) is 0 Å². The van der Waals surface area contributed by atoms with Gasteiger partial charge in [0, 0.05) is 0 Å². The summed E-state index contributed by atoms with van der Waals surface area (Å²) < 4.78 is 41.1. The molecule has 82 valence electrons. The molecule has 7 heteroatoms. The number of aromatic nitrogens is 2. The number of pyridine rings is 1. The zero-order valence-electron chi connectivity index (χ0n) is 7.92. The van der Waals surface area contributed by atoms with Crippen LogP contribution in [-0.2, 0) is 7.05 Å². The number of H-pyrrole nitrogens is 1. The van der Waals surface area contributed by atoms with E-state index in [1.807, 2.05) is 25.5 Å². The number of aromatic amines is 1. The first-order chi connectivity index (χ1) is 6.88. The number of fused-ring (bicyclic) bond motifs is 1. The van der Waals surface area contributed by atoms with Crippen LogP contribution < -0.4 is 4.57 Å². The van der Waals surface area contributed by atoms with Crippen molar-refractivity contribution in [2.24, 2.45) is 7.05 Å². The van der Waals surface area contributed by atoms with Gasteiger partial charge in [0.05, 0.1) is 24.8 Å². The van der Waals surface area contributed by atoms with E-state index >= 15 is 0 Å². The smallest absolute Gasteiger partial charge is 0.418 e. The third-order valence-electron chi connectivity index (χ3n) is 1.69. The fourth-order valence-corrected chi connectivity index (χ4v) is 1.16. The average molecular weight is 220 g/mol. The minimum atomic E-state index is -6.00. The molecule has 0 spiro atoms. The summed E-state index contributed by atoms with van der Waals surface area (Å²) in [5.41, 5.74) is 1.17. The van der Waals surface area contributed by atoms with Gasteiger partial charge in [0.25, 0.3) is 5.65 Å². The van der Waals surface area contributed by atoms with Crippen LogP contribution in [-0.4, -0.2) is 12.2 Å². The third kappa shape index (κ3) is 4.01. The van der Waals surface area contributed by atoms with E-state index in [4.69, 9.17) is 0 Å². The van der Waals surface area contributed by atoms with Gasteiger partial charge in [-0.15, -0.1) is 0 Å². The lowest BCUT2D eigenvalue weighted by atomic mass is 10.3. The van der Waals surface area contributed by atoms with E-state index in [1.54, 1.807) is 0 Å². The first-order valence-electron chi connectivity index (χ1n) is 4.17. The van der Waals surface area contributed by atoms with Gasteiger partial charge in [0.1, 0.15) is 0 Å². The molecule has 0 aliphatic carbocycles. The molecule has 0 saturated heterocycles. The fraction of sp³-hybridized carbons (Fsp3) is 0.125. The summed E-state index contributed by atoms with van der Waals surface area (Å²) >= 11 is 0. The second-order valence-electron chi connectivity index (χ2n) is 2.90. The molecule has 2 aromatic rings. The second kappa shape index (κ2) is 4.33. The molecule has 0 fully saturated rings. The fourth-order valence-electron chi connectivity index (χ4n) is 1.16. The Morgan fingerprint density at radius 2 is 1.80 bits per heavy atom. The van der Waals surface area contributed by atoms with Crippen molar-refractivity contribution in [3.63, 3.8) is 0 Å². The Morgan fingerprint density at radius 3 is 2.33 bits per heavy atom. The van der Waals surface area contributed by atoms with Crippen LogP contribution in [0.25, 0.3) is 11.0 Å². The standard InChI is InChI=1S/C8H8N2.BF4/c1-10-6-2-3-7-4-5-9-8(7)10;2-1(3,4)5/h2-6H,1H3;/q;-1/p+1. The Balaban J connectivity index is 0.000000195. The first kappa shape index (κ1) is 11.5. The normalized spacial score (nSPS) is 11.0. The molecule has 0 radical (unpaired) electrons. The van der Waals surface area contributed by atoms with Gasteiger partial charge in [0.2, 0.25) is 0 Å². The van der Waals surface area contributed by atoms with Gasteiger partial charge in [0.15, 0.2) is 0 Å². The minimum absolute atomic E-state index is 1.17. The Hall–Kier alpha value is -1.53. The predicted molar refractivity (Wildman–Crippen MR) is 49.7 cm³/mol. The van der Waals surface area contributed by atoms with Crippen LogP contribution in [0.4, 0.5) is 17.3 Å². The van der Waals surface area contributed by atoms with E-state index in [-0.39, 0.29) is 0 Å². The van der Waals surface area contributed by atoms with Crippen molar-refractivity contribution in [2.45, 2.75) is 0 Å². The molecule has 0 aliphatic rings. The molecule has 2 heterocycles. The number of rotatable bonds is 0. The van der Waals surface area contributed by atoms with Crippen LogP contribution in [0.3, 0.4) is 0 Å². The zero-order chi connectivity index (χ0) is 11.5. The van der Waals surface area contributed by atoms with Gasteiger partial charge >= 0.3 is 7.25 Å². The molecule has 0 unspecified atom stereocenters. The van der Waals surface area contributed by atoms with Crippen molar-refractivity contribution in [3.05, 3.63) is 30.6 Å². The van der Waals surface area contributed by atoms with Gasteiger partial charge in [-0.3, -0.25) is 0 Å². The van der Waals surface area contributed by atoms with Crippen LogP contribution in [0.2, 0.25) is 0 Å². The van der Waals surface area contributed by atoms with Gasteiger partial charge in [-0.2, -0.15) is 0 Å². The molecule has 15 heavy (non-hydrogen) atoms. The Kier molecular flexibility index (Phi) is 3.33. The van der Waals surface area contributed by atoms with E-state index in [9.17, 15) is 17.3 Å². The lowest BCUT2D eigenvalue weighted by molar-refractivity contribution is -0.646. The lowest BCUT2D eigenvalue weighted by Crippen LogP contribution is -2.27. The SMILES string of the molecule is C[n+]1cccc2cc[nH]c21.F[B-](F)(F)F. The summed E-state index contributed by atoms with van der Waals surface area (Å²) in [7, 11) is -3.97. The number of hydrogen-bond acceptors (Lipinski definition) is 0. The van der Waals surface area contributed by atoms with Gasteiger partial charge in [-0.1, -0.05) is 0 Å². The molecule has 0 atom stereocenters. The maximum atomic E-state index is 9.75. The monoisotopic (exact) mass is 220 g/mol. The zero-order valence-corrected chi connectivity index (χ0v) is 7.92. The molecule has 1 N–H and O–H groups in total. The molecule has 0 aromatic carbocycles. The Bertz CT molecular complexity index is 431. The molecule has 0 amide bonds. The number of halogens is 4. The highest BCUT2D eigenvalue weighted by Crippen LogP contribution is 2.06. The summed E-state index contributed by atoms with van der Waals surface area (Å²) in [6, 6.07) is 6.19. The summed E-state index contributed by atoms with van der Waals surface area (Å²) in [5.74, 6) is 0. The molecular weight excluding hydrogens is 211 g/mol. The molecule has 2 aromatic heterocycles. The number of hydrogen-bond donors (Lipinski definition) is 1. The van der Waals surface area contributed by atoms with Gasteiger partial charge < -0.3 is 17.3 Å². The first-order valence-corrected chi connectivity index (χ1v) is 4.17. The Labute approximate surface area is 83.6 Å². The lowest BCUT2D eigenvalue weighted by Gasteiger charge is -1.94. The highest BCUT2D eigenvalue weighted by molar-refractivity contribution is 6.50. The average Bonchev–Trinajstić information content (AvgIpc) is 2.49. The summed E-state index contributed by atoms with van der Waals surface area (Å²) in [4.78, 5) is 3.15. The van der Waals surface area contributed by atoms with E-state index in [0.29, 0.717) is 0 Å². The van der Waals surface area contributed by atoms with Crippen LogP contribution in [0.5, 0.6) is 0 Å². The third-order valence-corrected chi connectivity index (χ3v) is 1.69. The highest BCUT2D eigenvalue weighted by atomic mass is 19.5. The summed E-state index contributed by atoms with van der Waals surface area (Å²) in [6.07, 6.45) is 3.98. The van der Waals surface area contributed by atoms with E-state index < -0.39 is 7.25 Å². The van der Waals surface area contributed by atoms with Crippen LogP contribution >= 0.6 is 0 Å². The van der Waals surface area contributed by atoms with Crippen molar-refractivity contribution in [1.82, 2.24) is 4.98 Å². The largest absolute Gasteiger partial charge is 0.673 e. The minimum Gasteiger partial charge on any atom is -0.418 e. The Morgan fingerprint density at radius 1 is 1.20 bits per heavy atom. The number of nitrogens with zero attached hydrogens (tertiary/aromatic N) is 1. The highest BCUT2D eigenvalue weighted by Gasteiger charge is 2.20. The molecule has 0 saturated carbocycles. The molecule has 2 nitrogen and oxygen atoms in total. The van der Waals surface area contributed by atoms with E-state index in [1.165, 1.54) is 11.0 Å². The van der Waals surface area contributed by atoms with Crippen molar-refractivity contribution >= 4 is 18.3 Å². The quantitative estimate of drug-likeness (QED) is 0.399. The van der Waals surface area contributed by atoms with Crippen molar-refractivity contribution in [1.29, 1.82) is 0 Å². The van der Waals surface area contributed by atoms with Crippen molar-refractivity contribution < 1.29 is 21.8 Å². The topological polar surface area (TPSA) is 19.7 Å². The summed E-state index contributed by atoms with van der Waals surface area (Å²) in [5, 5.41) is 1.25. The summed E-state index contributed by atoms with van der Waals surface area (Å²) in [6.45, 7) is 0.